The van der Waals surface area contributed by atoms with Gasteiger partial charge in [0.15, 0.2) is 0 Å². The molecular formula is C11H11N3O. The molecule has 1 N–H and O–H groups in total. The van der Waals surface area contributed by atoms with Crippen LogP contribution in [0.1, 0.15) is 17.8 Å². The molecule has 4 nitrogen and oxygen atoms in total. The first-order valence-electron chi connectivity index (χ1n) is 5.07. The molecule has 3 heterocycles. The monoisotopic (exact) mass is 201 g/mol. The lowest BCUT2D eigenvalue weighted by atomic mass is 9.85. The Morgan fingerprint density at radius 1 is 1.53 bits per heavy atom. The van der Waals surface area contributed by atoms with Crippen LogP contribution in [0.25, 0.3) is 0 Å². The Morgan fingerprint density at radius 2 is 2.47 bits per heavy atom. The van der Waals surface area contributed by atoms with Crippen molar-refractivity contribution >= 4 is 5.69 Å². The molecule has 0 saturated carbocycles. The number of anilines is 1. The van der Waals surface area contributed by atoms with Crippen molar-refractivity contribution in [2.75, 3.05) is 25.1 Å². The number of ether oxygens (including phenoxy) is 1. The van der Waals surface area contributed by atoms with E-state index in [0.717, 1.165) is 37.6 Å². The Hall–Kier alpha value is -1.60. The molecule has 0 amide bonds. The second kappa shape index (κ2) is 2.94. The maximum atomic E-state index is 8.84. The van der Waals surface area contributed by atoms with Crippen LogP contribution in [0, 0.1) is 11.3 Å². The van der Waals surface area contributed by atoms with Gasteiger partial charge in [-0.1, -0.05) is 0 Å². The summed E-state index contributed by atoms with van der Waals surface area (Å²) in [6.45, 7) is 2.39. The van der Waals surface area contributed by atoms with E-state index in [1.54, 1.807) is 6.07 Å². The molecule has 1 fully saturated rings. The van der Waals surface area contributed by atoms with Gasteiger partial charge in [0, 0.05) is 13.2 Å². The Morgan fingerprint density at radius 3 is 3.20 bits per heavy atom. The fourth-order valence-corrected chi connectivity index (χ4v) is 2.35. The van der Waals surface area contributed by atoms with E-state index in [-0.39, 0.29) is 5.41 Å². The normalized spacial score (nSPS) is 27.4. The number of fused-ring (bicyclic) bond motifs is 2. The summed E-state index contributed by atoms with van der Waals surface area (Å²) >= 11 is 0. The van der Waals surface area contributed by atoms with E-state index in [1.807, 2.05) is 6.07 Å². The second-order valence-electron chi connectivity index (χ2n) is 4.14. The highest BCUT2D eigenvalue weighted by molar-refractivity contribution is 5.58. The van der Waals surface area contributed by atoms with Crippen molar-refractivity contribution in [3.05, 3.63) is 23.5 Å². The van der Waals surface area contributed by atoms with Crippen molar-refractivity contribution in [2.24, 2.45) is 0 Å². The maximum absolute atomic E-state index is 8.84. The van der Waals surface area contributed by atoms with E-state index in [1.165, 1.54) is 0 Å². The topological polar surface area (TPSA) is 57.9 Å². The molecular weight excluding hydrogens is 190 g/mol. The lowest BCUT2D eigenvalue weighted by Gasteiger charge is -2.19. The third-order valence-corrected chi connectivity index (χ3v) is 3.23. The molecule has 0 bridgehead atoms. The summed E-state index contributed by atoms with van der Waals surface area (Å²) in [5, 5.41) is 12.2. The number of hydrogen-bond donors (Lipinski definition) is 1. The Bertz CT molecular complexity index is 444. The Balaban J connectivity index is 2.12. The summed E-state index contributed by atoms with van der Waals surface area (Å²) in [5.74, 6) is 0. The minimum atomic E-state index is 0.0161. The van der Waals surface area contributed by atoms with Crippen molar-refractivity contribution < 1.29 is 4.74 Å². The van der Waals surface area contributed by atoms with Crippen molar-refractivity contribution in [1.29, 1.82) is 5.26 Å². The van der Waals surface area contributed by atoms with Crippen LogP contribution in [-0.4, -0.2) is 24.7 Å². The third-order valence-electron chi connectivity index (χ3n) is 3.23. The van der Waals surface area contributed by atoms with E-state index in [2.05, 4.69) is 16.4 Å². The van der Waals surface area contributed by atoms with Crippen molar-refractivity contribution in [1.82, 2.24) is 4.98 Å². The van der Waals surface area contributed by atoms with Crippen LogP contribution >= 0.6 is 0 Å². The zero-order valence-corrected chi connectivity index (χ0v) is 8.29. The second-order valence-corrected chi connectivity index (χ2v) is 4.14. The van der Waals surface area contributed by atoms with Crippen molar-refractivity contribution in [3.63, 3.8) is 0 Å². The zero-order chi connectivity index (χ0) is 10.3. The molecule has 0 aromatic carbocycles. The first-order chi connectivity index (χ1) is 7.34. The highest BCUT2D eigenvalue weighted by Gasteiger charge is 2.43. The molecule has 15 heavy (non-hydrogen) atoms. The SMILES string of the molecule is N#Cc1ccc2c(n1)C1(CCOC1)CN2. The van der Waals surface area contributed by atoms with E-state index >= 15 is 0 Å². The summed E-state index contributed by atoms with van der Waals surface area (Å²) in [6, 6.07) is 5.77. The molecule has 0 aliphatic carbocycles. The summed E-state index contributed by atoms with van der Waals surface area (Å²) in [7, 11) is 0. The molecule has 2 aliphatic heterocycles. The summed E-state index contributed by atoms with van der Waals surface area (Å²) in [4.78, 5) is 4.40. The van der Waals surface area contributed by atoms with Gasteiger partial charge in [0.2, 0.25) is 0 Å². The van der Waals surface area contributed by atoms with Gasteiger partial charge in [0.05, 0.1) is 23.4 Å². The minimum absolute atomic E-state index is 0.0161. The van der Waals surface area contributed by atoms with Gasteiger partial charge in [-0.3, -0.25) is 0 Å². The number of aromatic nitrogens is 1. The van der Waals surface area contributed by atoms with Gasteiger partial charge in [0.1, 0.15) is 11.8 Å². The van der Waals surface area contributed by atoms with E-state index < -0.39 is 0 Å². The molecule has 0 radical (unpaired) electrons. The molecule has 3 rings (SSSR count). The number of pyridine rings is 1. The lowest BCUT2D eigenvalue weighted by Crippen LogP contribution is -2.29. The molecule has 2 aliphatic rings. The van der Waals surface area contributed by atoms with Crippen LogP contribution in [0.2, 0.25) is 0 Å². The van der Waals surface area contributed by atoms with Crippen LogP contribution in [0.4, 0.5) is 5.69 Å². The van der Waals surface area contributed by atoms with Gasteiger partial charge in [0.25, 0.3) is 0 Å². The Kier molecular flexibility index (Phi) is 1.70. The van der Waals surface area contributed by atoms with E-state index in [4.69, 9.17) is 10.00 Å². The van der Waals surface area contributed by atoms with Gasteiger partial charge < -0.3 is 10.1 Å². The van der Waals surface area contributed by atoms with Crippen molar-refractivity contribution in [3.8, 4) is 6.07 Å². The van der Waals surface area contributed by atoms with Gasteiger partial charge in [-0.2, -0.15) is 5.26 Å². The average molecular weight is 201 g/mol. The third kappa shape index (κ3) is 1.13. The summed E-state index contributed by atoms with van der Waals surface area (Å²) in [5.41, 5.74) is 2.57. The van der Waals surface area contributed by atoms with Gasteiger partial charge in [-0.15, -0.1) is 0 Å². The smallest absolute Gasteiger partial charge is 0.140 e. The van der Waals surface area contributed by atoms with Crippen LogP contribution in [0.3, 0.4) is 0 Å². The predicted molar refractivity (Wildman–Crippen MR) is 54.6 cm³/mol. The van der Waals surface area contributed by atoms with Gasteiger partial charge in [-0.25, -0.2) is 4.98 Å². The van der Waals surface area contributed by atoms with Crippen LogP contribution in [-0.2, 0) is 10.2 Å². The summed E-state index contributed by atoms with van der Waals surface area (Å²) < 4.78 is 5.45. The number of hydrogen-bond acceptors (Lipinski definition) is 4. The number of nitrogens with one attached hydrogen (secondary N) is 1. The quantitative estimate of drug-likeness (QED) is 0.681. The summed E-state index contributed by atoms with van der Waals surface area (Å²) in [6.07, 6.45) is 0.995. The molecule has 1 spiro atoms. The average Bonchev–Trinajstić information content (AvgIpc) is 2.89. The molecule has 4 heteroatoms. The molecule has 1 aromatic rings. The molecule has 1 aromatic heterocycles. The minimum Gasteiger partial charge on any atom is -0.383 e. The first-order valence-corrected chi connectivity index (χ1v) is 5.07. The highest BCUT2D eigenvalue weighted by Crippen LogP contribution is 2.40. The molecule has 1 unspecified atom stereocenters. The van der Waals surface area contributed by atoms with Crippen molar-refractivity contribution in [2.45, 2.75) is 11.8 Å². The maximum Gasteiger partial charge on any atom is 0.140 e. The highest BCUT2D eigenvalue weighted by atomic mass is 16.5. The van der Waals surface area contributed by atoms with E-state index in [0.29, 0.717) is 5.69 Å². The molecule has 1 saturated heterocycles. The number of rotatable bonds is 0. The lowest BCUT2D eigenvalue weighted by molar-refractivity contribution is 0.180. The molecule has 1 atom stereocenters. The zero-order valence-electron chi connectivity index (χ0n) is 8.29. The van der Waals surface area contributed by atoms with Crippen LogP contribution < -0.4 is 5.32 Å². The van der Waals surface area contributed by atoms with Crippen LogP contribution in [0.5, 0.6) is 0 Å². The first kappa shape index (κ1) is 8.69. The van der Waals surface area contributed by atoms with Crippen LogP contribution in [0.15, 0.2) is 12.1 Å². The fourth-order valence-electron chi connectivity index (χ4n) is 2.35. The number of nitrogens with zero attached hydrogens (tertiary/aromatic N) is 2. The van der Waals surface area contributed by atoms with Gasteiger partial charge in [-0.05, 0) is 18.6 Å². The number of nitriles is 1. The fraction of sp³-hybridized carbons (Fsp3) is 0.455. The van der Waals surface area contributed by atoms with E-state index in [9.17, 15) is 0 Å². The Labute approximate surface area is 87.9 Å². The molecule has 76 valence electrons. The predicted octanol–water partition coefficient (Wildman–Crippen LogP) is 1.04. The standard InChI is InChI=1S/C11H11N3O/c12-5-8-1-2-9-10(14-8)11(6-13-9)3-4-15-7-11/h1-2,13H,3-4,6-7H2. The van der Waals surface area contributed by atoms with Gasteiger partial charge >= 0.3 is 0 Å². The largest absolute Gasteiger partial charge is 0.383 e.